The quantitative estimate of drug-likeness (QED) is 0.293. The normalized spacial score (nSPS) is 14.2. The Kier molecular flexibility index (Phi) is 9.93. The molecule has 37 heavy (non-hydrogen) atoms. The summed E-state index contributed by atoms with van der Waals surface area (Å²) in [6.45, 7) is 10.1. The molecule has 0 spiro atoms. The van der Waals surface area contributed by atoms with Crippen LogP contribution in [0.25, 0.3) is 0 Å². The van der Waals surface area contributed by atoms with Crippen molar-refractivity contribution in [1.82, 2.24) is 20.2 Å². The summed E-state index contributed by atoms with van der Waals surface area (Å²) < 4.78 is 5.38. The predicted octanol–water partition coefficient (Wildman–Crippen LogP) is 4.62. The zero-order valence-corrected chi connectivity index (χ0v) is 22.8. The fourth-order valence-electron chi connectivity index (χ4n) is 4.18. The molecule has 0 atom stereocenters. The highest BCUT2D eigenvalue weighted by molar-refractivity contribution is 7.98. The van der Waals surface area contributed by atoms with Gasteiger partial charge in [0.25, 0.3) is 5.91 Å². The topological polar surface area (TPSA) is 70.6 Å². The van der Waals surface area contributed by atoms with Gasteiger partial charge < -0.3 is 15.0 Å². The number of nitrogens with one attached hydrogen (secondary N) is 1. The number of aromatic nitrogens is 2. The molecule has 0 bridgehead atoms. The number of benzene rings is 2. The van der Waals surface area contributed by atoms with Crippen molar-refractivity contribution in [3.63, 3.8) is 0 Å². The third-order valence-electron chi connectivity index (χ3n) is 6.24. The maximum absolute atomic E-state index is 12.3. The monoisotopic (exact) mass is 519 g/mol. The molecule has 1 aliphatic rings. The van der Waals surface area contributed by atoms with E-state index in [9.17, 15) is 4.79 Å². The van der Waals surface area contributed by atoms with Crippen molar-refractivity contribution in [2.45, 2.75) is 37.9 Å². The van der Waals surface area contributed by atoms with Crippen molar-refractivity contribution in [2.75, 3.05) is 44.7 Å². The first-order chi connectivity index (χ1) is 18.0. The molecule has 8 heteroatoms. The van der Waals surface area contributed by atoms with Crippen molar-refractivity contribution >= 4 is 23.5 Å². The van der Waals surface area contributed by atoms with E-state index in [1.807, 2.05) is 30.3 Å². The van der Waals surface area contributed by atoms with Crippen LogP contribution in [0.1, 0.15) is 41.0 Å². The number of methoxy groups -OCH3 is 1. The first-order valence-electron chi connectivity index (χ1n) is 12.9. The molecule has 2 aromatic carbocycles. The molecule has 196 valence electrons. The molecule has 3 aromatic rings. The maximum atomic E-state index is 12.3. The third kappa shape index (κ3) is 8.28. The molecule has 0 aliphatic carbocycles. The summed E-state index contributed by atoms with van der Waals surface area (Å²) in [6, 6.07) is 20.5. The zero-order valence-electron chi connectivity index (χ0n) is 22.0. The van der Waals surface area contributed by atoms with E-state index in [2.05, 4.69) is 59.3 Å². The first kappa shape index (κ1) is 27.1. The molecular weight excluding hydrogens is 482 g/mol. The number of carbonyl (C=O) groups excluding carboxylic acids is 1. The number of anilines is 1. The van der Waals surface area contributed by atoms with Crippen LogP contribution >= 0.6 is 11.8 Å². The molecule has 1 saturated heterocycles. The van der Waals surface area contributed by atoms with Crippen molar-refractivity contribution in [2.24, 2.45) is 5.92 Å². The molecule has 1 aliphatic heterocycles. The molecule has 4 rings (SSSR count). The Labute approximate surface area is 224 Å². The van der Waals surface area contributed by atoms with Crippen molar-refractivity contribution in [3.8, 4) is 0 Å². The lowest BCUT2D eigenvalue weighted by molar-refractivity contribution is 0.0949. The van der Waals surface area contributed by atoms with Crippen molar-refractivity contribution < 1.29 is 9.53 Å². The fraction of sp³-hybridized carbons (Fsp3) is 0.414. The highest BCUT2D eigenvalue weighted by Crippen LogP contribution is 2.24. The van der Waals surface area contributed by atoms with Crippen LogP contribution in [-0.2, 0) is 23.6 Å². The van der Waals surface area contributed by atoms with Gasteiger partial charge in [-0.25, -0.2) is 9.97 Å². The predicted molar refractivity (Wildman–Crippen MR) is 150 cm³/mol. The van der Waals surface area contributed by atoms with Gasteiger partial charge in [-0.15, -0.1) is 0 Å². The van der Waals surface area contributed by atoms with Gasteiger partial charge in [-0.05, 0) is 29.2 Å². The van der Waals surface area contributed by atoms with Gasteiger partial charge in [0.15, 0.2) is 5.16 Å². The van der Waals surface area contributed by atoms with E-state index in [1.54, 1.807) is 18.9 Å². The van der Waals surface area contributed by atoms with Crippen LogP contribution in [0, 0.1) is 5.92 Å². The van der Waals surface area contributed by atoms with Crippen molar-refractivity contribution in [1.29, 1.82) is 0 Å². The number of nitrogens with zero attached hydrogens (tertiary/aromatic N) is 4. The Bertz CT molecular complexity index is 1130. The standard InChI is InChI=1S/C29H37N5O2S/c1-22(2)18-30-28(35)25-11-9-24(10-12-25)21-37-29-31-26(20-36-3)17-27(32-29)34-15-13-33(14-16-34)19-23-7-5-4-6-8-23/h4-12,17,22H,13-16,18-21H2,1-3H3,(H,30,35). The van der Waals surface area contributed by atoms with E-state index >= 15 is 0 Å². The number of hydrogen-bond acceptors (Lipinski definition) is 7. The number of thioether (sulfide) groups is 1. The van der Waals surface area contributed by atoms with Gasteiger partial charge in [0.05, 0.1) is 12.3 Å². The van der Waals surface area contributed by atoms with Gasteiger partial charge in [-0.3, -0.25) is 9.69 Å². The minimum Gasteiger partial charge on any atom is -0.378 e. The van der Waals surface area contributed by atoms with E-state index in [0.717, 1.165) is 60.7 Å². The van der Waals surface area contributed by atoms with Crippen molar-refractivity contribution in [3.05, 3.63) is 83.0 Å². The summed E-state index contributed by atoms with van der Waals surface area (Å²) in [6.07, 6.45) is 0. The summed E-state index contributed by atoms with van der Waals surface area (Å²) in [5.74, 6) is 2.09. The summed E-state index contributed by atoms with van der Waals surface area (Å²) in [4.78, 5) is 26.7. The van der Waals surface area contributed by atoms with Gasteiger partial charge in [0.2, 0.25) is 0 Å². The number of carbonyl (C=O) groups is 1. The van der Waals surface area contributed by atoms with Gasteiger partial charge >= 0.3 is 0 Å². The SMILES string of the molecule is COCc1cc(N2CCN(Cc3ccccc3)CC2)nc(SCc2ccc(C(=O)NCC(C)C)cc2)n1. The van der Waals surface area contributed by atoms with Crippen LogP contribution in [0.3, 0.4) is 0 Å². The Hall–Kier alpha value is -2.94. The number of piperazine rings is 1. The largest absolute Gasteiger partial charge is 0.378 e. The molecule has 1 aromatic heterocycles. The Morgan fingerprint density at radius 3 is 2.41 bits per heavy atom. The summed E-state index contributed by atoms with van der Waals surface area (Å²) in [5, 5.41) is 3.71. The minimum absolute atomic E-state index is 0.0305. The average molecular weight is 520 g/mol. The highest BCUT2D eigenvalue weighted by atomic mass is 32.2. The molecule has 1 amide bonds. The molecular formula is C29H37N5O2S. The van der Waals surface area contributed by atoms with E-state index in [0.29, 0.717) is 24.6 Å². The van der Waals surface area contributed by atoms with Gasteiger partial charge in [0, 0.05) is 63.8 Å². The average Bonchev–Trinajstić information content (AvgIpc) is 2.92. The van der Waals surface area contributed by atoms with E-state index < -0.39 is 0 Å². The van der Waals surface area contributed by atoms with Crippen LogP contribution in [0.15, 0.2) is 65.8 Å². The summed E-state index contributed by atoms with van der Waals surface area (Å²) in [7, 11) is 1.69. The van der Waals surface area contributed by atoms with Crippen LogP contribution in [-0.4, -0.2) is 60.6 Å². The van der Waals surface area contributed by atoms with Gasteiger partial charge in [-0.1, -0.05) is 68.1 Å². The number of ether oxygens (including phenoxy) is 1. The second-order valence-electron chi connectivity index (χ2n) is 9.77. The lowest BCUT2D eigenvalue weighted by Crippen LogP contribution is -2.46. The molecule has 1 fully saturated rings. The Morgan fingerprint density at radius 2 is 1.73 bits per heavy atom. The van der Waals surface area contributed by atoms with Crippen LogP contribution in [0.2, 0.25) is 0 Å². The molecule has 2 heterocycles. The zero-order chi connectivity index (χ0) is 26.0. The first-order valence-corrected chi connectivity index (χ1v) is 13.9. The molecule has 7 nitrogen and oxygen atoms in total. The van der Waals surface area contributed by atoms with E-state index in [1.165, 1.54) is 5.56 Å². The van der Waals surface area contributed by atoms with Crippen LogP contribution < -0.4 is 10.2 Å². The van der Waals surface area contributed by atoms with Crippen LogP contribution in [0.5, 0.6) is 0 Å². The Morgan fingerprint density at radius 1 is 1.00 bits per heavy atom. The number of amides is 1. The Balaban J connectivity index is 1.35. The number of rotatable bonds is 11. The third-order valence-corrected chi connectivity index (χ3v) is 7.16. The summed E-state index contributed by atoms with van der Waals surface area (Å²) in [5.41, 5.74) is 4.05. The molecule has 1 N–H and O–H groups in total. The van der Waals surface area contributed by atoms with Gasteiger partial charge in [0.1, 0.15) is 5.82 Å². The molecule has 0 unspecified atom stereocenters. The fourth-order valence-corrected chi connectivity index (χ4v) is 5.01. The van der Waals surface area contributed by atoms with E-state index in [4.69, 9.17) is 14.7 Å². The van der Waals surface area contributed by atoms with E-state index in [-0.39, 0.29) is 5.91 Å². The van der Waals surface area contributed by atoms with Gasteiger partial charge in [-0.2, -0.15) is 0 Å². The number of hydrogen-bond donors (Lipinski definition) is 1. The maximum Gasteiger partial charge on any atom is 0.251 e. The lowest BCUT2D eigenvalue weighted by atomic mass is 10.1. The smallest absolute Gasteiger partial charge is 0.251 e. The second kappa shape index (κ2) is 13.6. The summed E-state index contributed by atoms with van der Waals surface area (Å²) >= 11 is 1.61. The highest BCUT2D eigenvalue weighted by Gasteiger charge is 2.20. The minimum atomic E-state index is -0.0305. The molecule has 0 saturated carbocycles. The molecule has 0 radical (unpaired) electrons. The van der Waals surface area contributed by atoms with Crippen LogP contribution in [0.4, 0.5) is 5.82 Å². The second-order valence-corrected chi connectivity index (χ2v) is 10.7. The lowest BCUT2D eigenvalue weighted by Gasteiger charge is -2.35.